The number of carbonyl (C=O) groups excluding carboxylic acids is 1. The molecule has 0 bridgehead atoms. The van der Waals surface area contributed by atoms with E-state index in [1.54, 1.807) is 0 Å². The lowest BCUT2D eigenvalue weighted by molar-refractivity contribution is 0.256. The van der Waals surface area contributed by atoms with Crippen molar-refractivity contribution in [3.8, 4) is 0 Å². The molecule has 0 radical (unpaired) electrons. The lowest BCUT2D eigenvalue weighted by atomic mass is 11.2. The highest BCUT2D eigenvalue weighted by atomic mass is 31.2. The Morgan fingerprint density at radius 1 is 0.923 bits per heavy atom. The molecular formula is C5H16N2O5P+. The van der Waals surface area contributed by atoms with Gasteiger partial charge in [-0.3, -0.25) is 0 Å². The Morgan fingerprint density at radius 2 is 1.08 bits per heavy atom. The molecule has 8 N–H and O–H groups in total. The zero-order valence-corrected chi connectivity index (χ0v) is 8.02. The van der Waals surface area contributed by atoms with E-state index in [0.717, 1.165) is 0 Å². The summed E-state index contributed by atoms with van der Waals surface area (Å²) in [7, 11) is -2.20. The summed E-state index contributed by atoms with van der Waals surface area (Å²) in [6.07, 6.45) is -1.18. The molecule has 0 fully saturated rings. The molecule has 0 heterocycles. The number of hydrogen-bond acceptors (Lipinski definition) is 5. The molecule has 0 aliphatic heterocycles. The molecule has 0 aromatic carbocycles. The predicted octanol–water partition coefficient (Wildman–Crippen LogP) is -2.17. The topological polar surface area (TPSA) is 150 Å². The lowest BCUT2D eigenvalue weighted by Gasteiger charge is -2.15. The Labute approximate surface area is 76.3 Å². The molecule has 0 aromatic heterocycles. The standard InChI is InChI=1S/C4H12O4P.CH4N2O/c5-1-9(2-6,3-7)4-8;2-1(3)4/h5-8H,1-4H2;(H4,2,3,4)/q+1;. The maximum Gasteiger partial charge on any atom is 0.309 e. The summed E-state index contributed by atoms with van der Waals surface area (Å²) in [5, 5.41) is 34.2. The predicted molar refractivity (Wildman–Crippen MR) is 49.0 cm³/mol. The molecule has 2 amide bonds. The zero-order valence-electron chi connectivity index (χ0n) is 7.13. The number of hydrogen-bond donors (Lipinski definition) is 6. The van der Waals surface area contributed by atoms with Crippen LogP contribution in [-0.2, 0) is 0 Å². The zero-order chi connectivity index (χ0) is 10.9. The first-order valence-corrected chi connectivity index (χ1v) is 5.84. The summed E-state index contributed by atoms with van der Waals surface area (Å²) in [6.45, 7) is 0. The van der Waals surface area contributed by atoms with Crippen LogP contribution in [0, 0.1) is 0 Å². The van der Waals surface area contributed by atoms with E-state index in [0.29, 0.717) is 0 Å². The summed E-state index contributed by atoms with van der Waals surface area (Å²) in [5.74, 6) is 0. The number of urea groups is 1. The summed E-state index contributed by atoms with van der Waals surface area (Å²) >= 11 is 0. The van der Waals surface area contributed by atoms with Crippen LogP contribution in [-0.4, -0.2) is 51.8 Å². The van der Waals surface area contributed by atoms with Crippen LogP contribution in [0.15, 0.2) is 0 Å². The van der Waals surface area contributed by atoms with Gasteiger partial charge in [0.1, 0.15) is 7.26 Å². The first-order valence-electron chi connectivity index (χ1n) is 3.31. The number of primary amides is 2. The Kier molecular flexibility index (Phi) is 9.43. The minimum atomic E-state index is -2.20. The van der Waals surface area contributed by atoms with Crippen LogP contribution in [0.25, 0.3) is 0 Å². The van der Waals surface area contributed by atoms with Gasteiger partial charge in [0.25, 0.3) is 0 Å². The smallest absolute Gasteiger partial charge is 0.309 e. The van der Waals surface area contributed by atoms with Crippen LogP contribution in [0.2, 0.25) is 0 Å². The molecule has 0 saturated carbocycles. The number of nitrogens with two attached hydrogens (primary N) is 2. The van der Waals surface area contributed by atoms with Crippen molar-refractivity contribution in [1.29, 1.82) is 0 Å². The second kappa shape index (κ2) is 8.15. The minimum absolute atomic E-state index is 0.295. The van der Waals surface area contributed by atoms with Gasteiger partial charge < -0.3 is 31.9 Å². The fourth-order valence-electron chi connectivity index (χ4n) is 0.268. The Balaban J connectivity index is 0. The van der Waals surface area contributed by atoms with Gasteiger partial charge in [0.05, 0.1) is 0 Å². The number of aliphatic hydroxyl groups is 4. The minimum Gasteiger partial charge on any atom is -0.361 e. The van der Waals surface area contributed by atoms with Crippen LogP contribution in [0.1, 0.15) is 0 Å². The van der Waals surface area contributed by atoms with E-state index in [1.807, 2.05) is 0 Å². The van der Waals surface area contributed by atoms with E-state index in [2.05, 4.69) is 11.5 Å². The number of carbonyl (C=O) groups is 1. The summed E-state index contributed by atoms with van der Waals surface area (Å²) in [4.78, 5) is 9.00. The molecule has 0 spiro atoms. The van der Waals surface area contributed by atoms with E-state index in [4.69, 9.17) is 25.2 Å². The molecule has 0 unspecified atom stereocenters. The van der Waals surface area contributed by atoms with Gasteiger partial charge in [-0.15, -0.1) is 0 Å². The van der Waals surface area contributed by atoms with Crippen LogP contribution in [0.5, 0.6) is 0 Å². The average molecular weight is 215 g/mol. The van der Waals surface area contributed by atoms with Gasteiger partial charge >= 0.3 is 6.03 Å². The normalized spacial score (nSPS) is 10.2. The van der Waals surface area contributed by atoms with E-state index in [-0.39, 0.29) is 25.4 Å². The maximum atomic E-state index is 9.00. The van der Waals surface area contributed by atoms with Crippen LogP contribution >= 0.6 is 7.26 Å². The molecule has 0 aliphatic carbocycles. The second-order valence-corrected chi connectivity index (χ2v) is 6.12. The lowest BCUT2D eigenvalue weighted by Crippen LogP contribution is -2.18. The molecule has 0 saturated heterocycles. The van der Waals surface area contributed by atoms with Gasteiger partial charge in [-0.1, -0.05) is 0 Å². The average Bonchev–Trinajstić information content (AvgIpc) is 2.09. The third kappa shape index (κ3) is 7.89. The van der Waals surface area contributed by atoms with Crippen LogP contribution in [0.4, 0.5) is 4.79 Å². The Bertz CT molecular complexity index is 119. The van der Waals surface area contributed by atoms with Crippen molar-refractivity contribution in [2.75, 3.05) is 25.4 Å². The summed E-state index contributed by atoms with van der Waals surface area (Å²) in [6, 6.07) is -0.833. The molecule has 7 nitrogen and oxygen atoms in total. The van der Waals surface area contributed by atoms with Crippen molar-refractivity contribution in [2.24, 2.45) is 11.5 Å². The quantitative estimate of drug-likeness (QED) is 0.295. The van der Waals surface area contributed by atoms with Crippen LogP contribution < -0.4 is 11.5 Å². The van der Waals surface area contributed by atoms with E-state index in [1.165, 1.54) is 0 Å². The monoisotopic (exact) mass is 215 g/mol. The molecule has 80 valence electrons. The highest BCUT2D eigenvalue weighted by molar-refractivity contribution is 7.75. The van der Waals surface area contributed by atoms with E-state index in [9.17, 15) is 0 Å². The van der Waals surface area contributed by atoms with Gasteiger partial charge in [-0.05, 0) is 0 Å². The fraction of sp³-hybridized carbons (Fsp3) is 0.800. The van der Waals surface area contributed by atoms with Gasteiger partial charge in [0.15, 0.2) is 25.4 Å². The molecule has 0 atom stereocenters. The number of aliphatic hydroxyl groups excluding tert-OH is 4. The Morgan fingerprint density at radius 3 is 1.08 bits per heavy atom. The fourth-order valence-corrected chi connectivity index (χ4v) is 0.805. The van der Waals surface area contributed by atoms with Crippen molar-refractivity contribution in [2.45, 2.75) is 0 Å². The van der Waals surface area contributed by atoms with E-state index < -0.39 is 13.3 Å². The molecule has 13 heavy (non-hydrogen) atoms. The first-order chi connectivity index (χ1) is 5.97. The van der Waals surface area contributed by atoms with Crippen molar-refractivity contribution >= 4 is 13.3 Å². The first kappa shape index (κ1) is 15.0. The second-order valence-electron chi connectivity index (χ2n) is 2.31. The molecule has 0 rings (SSSR count). The van der Waals surface area contributed by atoms with Crippen molar-refractivity contribution in [1.82, 2.24) is 0 Å². The SMILES string of the molecule is NC(N)=O.OC[P+](CO)(CO)CO. The molecular weight excluding hydrogens is 199 g/mol. The third-order valence-corrected chi connectivity index (χ3v) is 3.60. The number of amides is 2. The van der Waals surface area contributed by atoms with E-state index >= 15 is 0 Å². The largest absolute Gasteiger partial charge is 0.361 e. The van der Waals surface area contributed by atoms with Gasteiger partial charge in [-0.2, -0.15) is 0 Å². The molecule has 8 heteroatoms. The van der Waals surface area contributed by atoms with Crippen molar-refractivity contribution in [3.63, 3.8) is 0 Å². The van der Waals surface area contributed by atoms with Gasteiger partial charge in [-0.25, -0.2) is 4.79 Å². The molecule has 0 aromatic rings. The highest BCUT2D eigenvalue weighted by Gasteiger charge is 2.34. The highest BCUT2D eigenvalue weighted by Crippen LogP contribution is 2.54. The third-order valence-electron chi connectivity index (χ3n) is 1.20. The number of rotatable bonds is 4. The maximum absolute atomic E-state index is 9.00. The van der Waals surface area contributed by atoms with Crippen molar-refractivity contribution in [3.05, 3.63) is 0 Å². The molecule has 0 aliphatic rings. The van der Waals surface area contributed by atoms with Gasteiger partial charge in [0.2, 0.25) is 0 Å². The van der Waals surface area contributed by atoms with Gasteiger partial charge in [0, 0.05) is 0 Å². The summed E-state index contributed by atoms with van der Waals surface area (Å²) in [5.41, 5.74) is 8.50. The van der Waals surface area contributed by atoms with Crippen LogP contribution in [0.3, 0.4) is 0 Å². The summed E-state index contributed by atoms with van der Waals surface area (Å²) < 4.78 is 0. The van der Waals surface area contributed by atoms with Crippen molar-refractivity contribution < 1.29 is 25.2 Å². The Hall–Kier alpha value is -0.460.